The number of nitriles is 1. The topological polar surface area (TPSA) is 79.2 Å². The number of carbonyl (C=O) groups is 2. The van der Waals surface area contributed by atoms with Crippen LogP contribution in [0.25, 0.3) is 0 Å². The molecule has 1 heterocycles. The van der Waals surface area contributed by atoms with Gasteiger partial charge in [0.05, 0.1) is 24.3 Å². The monoisotopic (exact) mass is 290 g/mol. The van der Waals surface area contributed by atoms with Crippen molar-refractivity contribution in [2.24, 2.45) is 0 Å². The second-order valence-corrected chi connectivity index (χ2v) is 4.93. The molecule has 0 radical (unpaired) electrons. The van der Waals surface area contributed by atoms with E-state index in [1.807, 2.05) is 6.07 Å². The molecule has 1 atom stereocenters. The SMILES string of the molecule is COC(=O)CCC1(CCC#N)C(=O)Nc2c(F)cccc21. The molecule has 6 heteroatoms. The number of ether oxygens (including phenoxy) is 1. The molecule has 0 saturated carbocycles. The van der Waals surface area contributed by atoms with E-state index in [1.54, 1.807) is 6.07 Å². The standard InChI is InChI=1S/C15H15FN2O3/c1-21-12(19)6-8-15(7-3-9-17)10-4-2-5-11(16)13(10)18-14(15)20/h2,4-5H,3,6-8H2,1H3,(H,18,20). The van der Waals surface area contributed by atoms with Crippen LogP contribution >= 0.6 is 0 Å². The van der Waals surface area contributed by atoms with Crippen molar-refractivity contribution in [2.45, 2.75) is 31.1 Å². The Hall–Kier alpha value is -2.42. The third-order valence-corrected chi connectivity index (χ3v) is 3.85. The lowest BCUT2D eigenvalue weighted by molar-refractivity contribution is -0.141. The first kappa shape index (κ1) is 15.0. The lowest BCUT2D eigenvalue weighted by Crippen LogP contribution is -2.35. The van der Waals surface area contributed by atoms with Crippen LogP contribution in [0.15, 0.2) is 18.2 Å². The highest BCUT2D eigenvalue weighted by atomic mass is 19.1. The number of hydrogen-bond donors (Lipinski definition) is 1. The number of esters is 1. The molecule has 1 unspecified atom stereocenters. The molecular formula is C15H15FN2O3. The van der Waals surface area contributed by atoms with Gasteiger partial charge in [0, 0.05) is 12.8 Å². The molecule has 1 N–H and O–H groups in total. The largest absolute Gasteiger partial charge is 0.469 e. The molecule has 1 aliphatic rings. The zero-order valence-corrected chi connectivity index (χ0v) is 11.6. The molecule has 0 fully saturated rings. The fraction of sp³-hybridized carbons (Fsp3) is 0.400. The fourth-order valence-corrected chi connectivity index (χ4v) is 2.71. The molecule has 110 valence electrons. The van der Waals surface area contributed by atoms with Crippen LogP contribution < -0.4 is 5.32 Å². The molecule has 0 spiro atoms. The van der Waals surface area contributed by atoms with Crippen LogP contribution in [-0.2, 0) is 19.7 Å². The molecule has 2 rings (SSSR count). The van der Waals surface area contributed by atoms with Crippen LogP contribution in [0.1, 0.15) is 31.2 Å². The van der Waals surface area contributed by atoms with E-state index in [1.165, 1.54) is 19.2 Å². The maximum absolute atomic E-state index is 13.8. The zero-order chi connectivity index (χ0) is 15.5. The number of para-hydroxylation sites is 1. The average Bonchev–Trinajstić information content (AvgIpc) is 2.77. The third-order valence-electron chi connectivity index (χ3n) is 3.85. The summed E-state index contributed by atoms with van der Waals surface area (Å²) in [4.78, 5) is 23.7. The predicted octanol–water partition coefficient (Wildman–Crippen LogP) is 2.27. The number of fused-ring (bicyclic) bond motifs is 1. The number of hydrogen-bond acceptors (Lipinski definition) is 4. The quantitative estimate of drug-likeness (QED) is 0.844. The Morgan fingerprint density at radius 2 is 2.24 bits per heavy atom. The van der Waals surface area contributed by atoms with Crippen molar-refractivity contribution in [3.05, 3.63) is 29.6 Å². The van der Waals surface area contributed by atoms with Crippen LogP contribution in [0.5, 0.6) is 0 Å². The van der Waals surface area contributed by atoms with Gasteiger partial charge in [-0.1, -0.05) is 12.1 Å². The summed E-state index contributed by atoms with van der Waals surface area (Å²) in [7, 11) is 1.27. The number of carbonyl (C=O) groups excluding carboxylic acids is 2. The highest BCUT2D eigenvalue weighted by Gasteiger charge is 2.47. The molecule has 5 nitrogen and oxygen atoms in total. The molecule has 0 aromatic heterocycles. The van der Waals surface area contributed by atoms with E-state index in [4.69, 9.17) is 5.26 Å². The third kappa shape index (κ3) is 2.59. The summed E-state index contributed by atoms with van der Waals surface area (Å²) in [5.41, 5.74) is -0.404. The van der Waals surface area contributed by atoms with Gasteiger partial charge in [-0.3, -0.25) is 9.59 Å². The summed E-state index contributed by atoms with van der Waals surface area (Å²) in [6.07, 6.45) is 0.599. The number of nitrogens with one attached hydrogen (secondary N) is 1. The molecular weight excluding hydrogens is 275 g/mol. The number of benzene rings is 1. The van der Waals surface area contributed by atoms with Gasteiger partial charge in [0.2, 0.25) is 5.91 Å². The number of anilines is 1. The van der Waals surface area contributed by atoms with Gasteiger partial charge >= 0.3 is 5.97 Å². The van der Waals surface area contributed by atoms with Crippen molar-refractivity contribution < 1.29 is 18.7 Å². The Morgan fingerprint density at radius 1 is 1.48 bits per heavy atom. The molecule has 21 heavy (non-hydrogen) atoms. The van der Waals surface area contributed by atoms with E-state index in [2.05, 4.69) is 10.1 Å². The Bertz CT molecular complexity index is 624. The average molecular weight is 290 g/mol. The van der Waals surface area contributed by atoms with E-state index >= 15 is 0 Å². The molecule has 1 amide bonds. The van der Waals surface area contributed by atoms with E-state index in [-0.39, 0.29) is 37.3 Å². The van der Waals surface area contributed by atoms with Crippen molar-refractivity contribution in [3.63, 3.8) is 0 Å². The number of methoxy groups -OCH3 is 1. The van der Waals surface area contributed by atoms with Crippen molar-refractivity contribution in [1.82, 2.24) is 0 Å². The van der Waals surface area contributed by atoms with Crippen LogP contribution in [0.2, 0.25) is 0 Å². The van der Waals surface area contributed by atoms with Crippen LogP contribution in [0.3, 0.4) is 0 Å². The van der Waals surface area contributed by atoms with Gasteiger partial charge in [0.15, 0.2) is 0 Å². The summed E-state index contributed by atoms with van der Waals surface area (Å²) in [6.45, 7) is 0. The minimum atomic E-state index is -1.05. The van der Waals surface area contributed by atoms with Gasteiger partial charge in [0.1, 0.15) is 5.82 Å². The summed E-state index contributed by atoms with van der Waals surface area (Å²) >= 11 is 0. The van der Waals surface area contributed by atoms with Crippen molar-refractivity contribution in [2.75, 3.05) is 12.4 Å². The Balaban J connectivity index is 2.41. The van der Waals surface area contributed by atoms with E-state index in [0.717, 1.165) is 0 Å². The summed E-state index contributed by atoms with van der Waals surface area (Å²) in [5.74, 6) is -1.33. The van der Waals surface area contributed by atoms with Gasteiger partial charge < -0.3 is 10.1 Å². The number of halogens is 1. The van der Waals surface area contributed by atoms with Crippen LogP contribution in [0, 0.1) is 17.1 Å². The number of amides is 1. The van der Waals surface area contributed by atoms with E-state index in [0.29, 0.717) is 5.56 Å². The second-order valence-electron chi connectivity index (χ2n) is 4.93. The van der Waals surface area contributed by atoms with Gasteiger partial charge in [0.25, 0.3) is 0 Å². The maximum atomic E-state index is 13.8. The number of nitrogens with zero attached hydrogens (tertiary/aromatic N) is 1. The van der Waals surface area contributed by atoms with Crippen LogP contribution in [0.4, 0.5) is 10.1 Å². The van der Waals surface area contributed by atoms with Crippen LogP contribution in [-0.4, -0.2) is 19.0 Å². The second kappa shape index (κ2) is 5.92. The molecule has 0 bridgehead atoms. The minimum Gasteiger partial charge on any atom is -0.469 e. The molecule has 1 aromatic rings. The Labute approximate surface area is 121 Å². The Morgan fingerprint density at radius 3 is 2.90 bits per heavy atom. The van der Waals surface area contributed by atoms with Gasteiger partial charge in [-0.2, -0.15) is 5.26 Å². The lowest BCUT2D eigenvalue weighted by Gasteiger charge is -2.26. The summed E-state index contributed by atoms with van der Waals surface area (Å²) < 4.78 is 18.4. The van der Waals surface area contributed by atoms with Crippen molar-refractivity contribution >= 4 is 17.6 Å². The van der Waals surface area contributed by atoms with Gasteiger partial charge in [-0.25, -0.2) is 4.39 Å². The Kier molecular flexibility index (Phi) is 4.22. The van der Waals surface area contributed by atoms with Crippen molar-refractivity contribution in [3.8, 4) is 6.07 Å². The zero-order valence-electron chi connectivity index (χ0n) is 11.6. The summed E-state index contributed by atoms with van der Waals surface area (Å²) in [5, 5.41) is 11.3. The molecule has 1 aliphatic heterocycles. The predicted molar refractivity (Wildman–Crippen MR) is 72.8 cm³/mol. The smallest absolute Gasteiger partial charge is 0.305 e. The molecule has 0 saturated heterocycles. The maximum Gasteiger partial charge on any atom is 0.305 e. The summed E-state index contributed by atoms with van der Waals surface area (Å²) in [6, 6.07) is 6.44. The normalized spacial score (nSPS) is 19.6. The minimum absolute atomic E-state index is 0.0330. The van der Waals surface area contributed by atoms with Gasteiger partial charge in [-0.05, 0) is 24.5 Å². The van der Waals surface area contributed by atoms with Gasteiger partial charge in [-0.15, -0.1) is 0 Å². The first-order valence-electron chi connectivity index (χ1n) is 6.59. The first-order valence-corrected chi connectivity index (χ1v) is 6.59. The highest BCUT2D eigenvalue weighted by Crippen LogP contribution is 2.45. The molecule has 1 aromatic carbocycles. The first-order chi connectivity index (χ1) is 10.0. The van der Waals surface area contributed by atoms with E-state index < -0.39 is 17.2 Å². The fourth-order valence-electron chi connectivity index (χ4n) is 2.71. The molecule has 0 aliphatic carbocycles. The highest BCUT2D eigenvalue weighted by molar-refractivity contribution is 6.06. The van der Waals surface area contributed by atoms with E-state index in [9.17, 15) is 14.0 Å². The van der Waals surface area contributed by atoms with Crippen molar-refractivity contribution in [1.29, 1.82) is 5.26 Å². The lowest BCUT2D eigenvalue weighted by atomic mass is 9.74. The number of rotatable bonds is 5.